The number of sulfonamides is 1. The van der Waals surface area contributed by atoms with E-state index in [9.17, 15) is 8.42 Å². The molecule has 0 saturated heterocycles. The largest absolute Gasteiger partial charge is 0.495 e. The average Bonchev–Trinajstić information content (AvgIpc) is 3.16. The number of hydrogen-bond acceptors (Lipinski definition) is 6. The second-order valence-electron chi connectivity index (χ2n) is 7.90. The molecule has 3 aromatic rings. The lowest BCUT2D eigenvalue weighted by Crippen LogP contribution is -2.27. The third kappa shape index (κ3) is 4.74. The summed E-state index contributed by atoms with van der Waals surface area (Å²) in [5, 5.41) is 3.99. The van der Waals surface area contributed by atoms with Gasteiger partial charge in [0, 0.05) is 17.1 Å². The molecule has 0 aliphatic heterocycles. The zero-order valence-corrected chi connectivity index (χ0v) is 19.9. The lowest BCUT2D eigenvalue weighted by atomic mass is 9.87. The van der Waals surface area contributed by atoms with Crippen molar-refractivity contribution >= 4 is 26.0 Å². The highest BCUT2D eigenvalue weighted by Gasteiger charge is 2.27. The standard InChI is InChI=1S/C21H24BrN3O4S/c1-21(2,3)15-8-6-14(7-9-15)20-23-19(29-24-20)13-25(4)30(26,27)18-12-16(22)10-11-17(18)28-5/h6-12H,13H2,1-5H3. The van der Waals surface area contributed by atoms with Crippen molar-refractivity contribution in [3.8, 4) is 17.1 Å². The number of halogens is 1. The van der Waals surface area contributed by atoms with Crippen molar-refractivity contribution in [3.05, 3.63) is 58.4 Å². The summed E-state index contributed by atoms with van der Waals surface area (Å²) in [7, 11) is -0.945. The zero-order chi connectivity index (χ0) is 22.1. The van der Waals surface area contributed by atoms with E-state index in [1.54, 1.807) is 12.1 Å². The molecule has 0 aliphatic rings. The summed E-state index contributed by atoms with van der Waals surface area (Å²) in [4.78, 5) is 4.41. The minimum Gasteiger partial charge on any atom is -0.495 e. The van der Waals surface area contributed by atoms with Gasteiger partial charge in [-0.25, -0.2) is 8.42 Å². The van der Waals surface area contributed by atoms with E-state index >= 15 is 0 Å². The fourth-order valence-electron chi connectivity index (χ4n) is 2.85. The van der Waals surface area contributed by atoms with Gasteiger partial charge in [-0.3, -0.25) is 0 Å². The predicted molar refractivity (Wildman–Crippen MR) is 118 cm³/mol. The summed E-state index contributed by atoms with van der Waals surface area (Å²) in [6, 6.07) is 12.7. The van der Waals surface area contributed by atoms with Crippen molar-refractivity contribution in [2.75, 3.05) is 14.2 Å². The molecule has 9 heteroatoms. The molecule has 0 N–H and O–H groups in total. The lowest BCUT2D eigenvalue weighted by Gasteiger charge is -2.18. The zero-order valence-electron chi connectivity index (χ0n) is 17.5. The molecular formula is C21H24BrN3O4S. The van der Waals surface area contributed by atoms with Crippen molar-refractivity contribution in [2.45, 2.75) is 37.6 Å². The molecule has 3 rings (SSSR count). The Balaban J connectivity index is 1.81. The minimum atomic E-state index is -3.83. The molecule has 0 bridgehead atoms. The number of hydrogen-bond donors (Lipinski definition) is 0. The Morgan fingerprint density at radius 3 is 2.40 bits per heavy atom. The first-order valence-electron chi connectivity index (χ1n) is 9.26. The lowest BCUT2D eigenvalue weighted by molar-refractivity contribution is 0.335. The molecule has 0 fully saturated rings. The monoisotopic (exact) mass is 493 g/mol. The number of benzene rings is 2. The van der Waals surface area contributed by atoms with E-state index in [-0.39, 0.29) is 28.5 Å². The molecule has 0 atom stereocenters. The van der Waals surface area contributed by atoms with Crippen LogP contribution in [-0.4, -0.2) is 37.0 Å². The summed E-state index contributed by atoms with van der Waals surface area (Å²) < 4.78 is 38.3. The van der Waals surface area contributed by atoms with E-state index in [2.05, 4.69) is 46.8 Å². The maximum Gasteiger partial charge on any atom is 0.247 e. The van der Waals surface area contributed by atoms with Crippen LogP contribution < -0.4 is 4.74 Å². The van der Waals surface area contributed by atoms with Crippen molar-refractivity contribution in [3.63, 3.8) is 0 Å². The normalized spacial score (nSPS) is 12.4. The highest BCUT2D eigenvalue weighted by atomic mass is 79.9. The third-order valence-corrected chi connectivity index (χ3v) is 6.97. The Labute approximate surface area is 185 Å². The molecule has 0 unspecified atom stereocenters. The molecule has 0 aliphatic carbocycles. The molecule has 1 aromatic heterocycles. The van der Waals surface area contributed by atoms with E-state index in [0.717, 1.165) is 9.87 Å². The molecule has 30 heavy (non-hydrogen) atoms. The van der Waals surface area contributed by atoms with Crippen LogP contribution in [0.5, 0.6) is 5.75 Å². The quantitative estimate of drug-likeness (QED) is 0.497. The smallest absolute Gasteiger partial charge is 0.247 e. The Kier molecular flexibility index (Phi) is 6.35. The fraction of sp³-hybridized carbons (Fsp3) is 0.333. The van der Waals surface area contributed by atoms with Gasteiger partial charge in [-0.2, -0.15) is 9.29 Å². The molecule has 0 spiro atoms. The fourth-order valence-corrected chi connectivity index (χ4v) is 4.66. The van der Waals surface area contributed by atoms with Crippen molar-refractivity contribution in [1.29, 1.82) is 0 Å². The van der Waals surface area contributed by atoms with E-state index < -0.39 is 10.0 Å². The van der Waals surface area contributed by atoms with Crippen LogP contribution in [-0.2, 0) is 22.0 Å². The van der Waals surface area contributed by atoms with E-state index in [1.807, 2.05) is 24.3 Å². The van der Waals surface area contributed by atoms with E-state index in [0.29, 0.717) is 10.3 Å². The summed E-state index contributed by atoms with van der Waals surface area (Å²) in [5.74, 6) is 0.872. The first-order valence-corrected chi connectivity index (χ1v) is 11.5. The van der Waals surface area contributed by atoms with Gasteiger partial charge in [0.15, 0.2) is 0 Å². The SMILES string of the molecule is COc1ccc(Br)cc1S(=O)(=O)N(C)Cc1nc(-c2ccc(C(C)(C)C)cc2)no1. The Hall–Kier alpha value is -2.23. The van der Waals surface area contributed by atoms with Gasteiger partial charge in [-0.1, -0.05) is 66.1 Å². The van der Waals surface area contributed by atoms with Crippen molar-refractivity contribution < 1.29 is 17.7 Å². The number of aromatic nitrogens is 2. The molecule has 0 radical (unpaired) electrons. The molecule has 2 aromatic carbocycles. The van der Waals surface area contributed by atoms with Crippen LogP contribution in [0.3, 0.4) is 0 Å². The molecular weight excluding hydrogens is 470 g/mol. The molecule has 1 heterocycles. The van der Waals surface area contributed by atoms with Crippen LogP contribution in [0, 0.1) is 0 Å². The van der Waals surface area contributed by atoms with Crippen LogP contribution in [0.1, 0.15) is 32.2 Å². The van der Waals surface area contributed by atoms with Crippen LogP contribution >= 0.6 is 15.9 Å². The predicted octanol–water partition coefficient (Wildman–Crippen LogP) is 4.63. The second kappa shape index (κ2) is 8.49. The van der Waals surface area contributed by atoms with Crippen molar-refractivity contribution in [1.82, 2.24) is 14.4 Å². The first kappa shape index (κ1) is 22.5. The highest BCUT2D eigenvalue weighted by molar-refractivity contribution is 9.10. The molecule has 7 nitrogen and oxygen atoms in total. The number of rotatable bonds is 6. The summed E-state index contributed by atoms with van der Waals surface area (Å²) >= 11 is 3.30. The van der Waals surface area contributed by atoms with Crippen molar-refractivity contribution in [2.24, 2.45) is 0 Å². The Bertz CT molecular complexity index is 1140. The van der Waals surface area contributed by atoms with Crippen LogP contribution in [0.4, 0.5) is 0 Å². The number of ether oxygens (including phenoxy) is 1. The number of nitrogens with zero attached hydrogens (tertiary/aromatic N) is 3. The molecule has 160 valence electrons. The Morgan fingerprint density at radius 2 is 1.80 bits per heavy atom. The summed E-state index contributed by atoms with van der Waals surface area (Å²) in [6.07, 6.45) is 0. The van der Waals surface area contributed by atoms with Crippen LogP contribution in [0.2, 0.25) is 0 Å². The van der Waals surface area contributed by atoms with Gasteiger partial charge >= 0.3 is 0 Å². The highest BCUT2D eigenvalue weighted by Crippen LogP contribution is 2.30. The first-order chi connectivity index (χ1) is 14.0. The van der Waals surface area contributed by atoms with Gasteiger partial charge in [-0.15, -0.1) is 0 Å². The average molecular weight is 494 g/mol. The van der Waals surface area contributed by atoms with Gasteiger partial charge in [-0.05, 0) is 29.2 Å². The minimum absolute atomic E-state index is 0.0471. The maximum atomic E-state index is 13.0. The van der Waals surface area contributed by atoms with Gasteiger partial charge < -0.3 is 9.26 Å². The van der Waals surface area contributed by atoms with Gasteiger partial charge in [0.05, 0.1) is 13.7 Å². The number of methoxy groups -OCH3 is 1. The summed E-state index contributed by atoms with van der Waals surface area (Å²) in [6.45, 7) is 6.37. The maximum absolute atomic E-state index is 13.0. The topological polar surface area (TPSA) is 85.5 Å². The Morgan fingerprint density at radius 1 is 1.13 bits per heavy atom. The second-order valence-corrected chi connectivity index (χ2v) is 10.8. The molecule has 0 amide bonds. The van der Waals surface area contributed by atoms with Gasteiger partial charge in [0.2, 0.25) is 21.7 Å². The summed E-state index contributed by atoms with van der Waals surface area (Å²) in [5.41, 5.74) is 2.05. The van der Waals surface area contributed by atoms with Crippen LogP contribution in [0.15, 0.2) is 56.4 Å². The van der Waals surface area contributed by atoms with E-state index in [1.165, 1.54) is 25.8 Å². The van der Waals surface area contributed by atoms with Gasteiger partial charge in [0.1, 0.15) is 10.6 Å². The van der Waals surface area contributed by atoms with Crippen LogP contribution in [0.25, 0.3) is 11.4 Å². The van der Waals surface area contributed by atoms with E-state index in [4.69, 9.17) is 9.26 Å². The van der Waals surface area contributed by atoms with Gasteiger partial charge in [0.25, 0.3) is 0 Å². The third-order valence-electron chi connectivity index (χ3n) is 4.65. The molecule has 0 saturated carbocycles.